The summed E-state index contributed by atoms with van der Waals surface area (Å²) in [6, 6.07) is 0.102. The van der Waals surface area contributed by atoms with Crippen molar-refractivity contribution in [2.75, 3.05) is 12.3 Å². The molecule has 90 valence electrons. The van der Waals surface area contributed by atoms with Gasteiger partial charge in [-0.15, -0.1) is 0 Å². The summed E-state index contributed by atoms with van der Waals surface area (Å²) in [5.74, 6) is 1.06. The van der Waals surface area contributed by atoms with E-state index in [1.54, 1.807) is 0 Å². The highest BCUT2D eigenvalue weighted by Crippen LogP contribution is 2.29. The van der Waals surface area contributed by atoms with Crippen molar-refractivity contribution in [3.05, 3.63) is 0 Å². The van der Waals surface area contributed by atoms with Gasteiger partial charge >= 0.3 is 0 Å². The molecule has 4 nitrogen and oxygen atoms in total. The standard InChI is InChI=1S/C10H22N2O2S/c1-8-4-3-5-10(9(8)2)12-15(13,14)7-6-11/h8-10,12H,3-7,11H2,1-2H3. The number of hydrogen-bond acceptors (Lipinski definition) is 3. The third-order valence-electron chi connectivity index (χ3n) is 3.42. The molecule has 1 aliphatic rings. The molecule has 1 aliphatic carbocycles. The Balaban J connectivity index is 2.57. The lowest BCUT2D eigenvalue weighted by molar-refractivity contribution is 0.227. The average Bonchev–Trinajstić information content (AvgIpc) is 2.12. The van der Waals surface area contributed by atoms with E-state index < -0.39 is 10.0 Å². The Morgan fingerprint density at radius 2 is 2.00 bits per heavy atom. The normalized spacial score (nSPS) is 32.9. The van der Waals surface area contributed by atoms with Gasteiger partial charge in [-0.25, -0.2) is 13.1 Å². The summed E-state index contributed by atoms with van der Waals surface area (Å²) in [6.45, 7) is 4.50. The zero-order chi connectivity index (χ0) is 11.5. The highest BCUT2D eigenvalue weighted by Gasteiger charge is 2.29. The average molecular weight is 234 g/mol. The van der Waals surface area contributed by atoms with Crippen molar-refractivity contribution in [1.29, 1.82) is 0 Å². The number of nitrogens with two attached hydrogens (primary N) is 1. The van der Waals surface area contributed by atoms with Gasteiger partial charge in [0, 0.05) is 12.6 Å². The van der Waals surface area contributed by atoms with Crippen molar-refractivity contribution in [2.45, 2.75) is 39.2 Å². The molecule has 3 unspecified atom stereocenters. The molecule has 0 spiro atoms. The van der Waals surface area contributed by atoms with E-state index in [9.17, 15) is 8.42 Å². The summed E-state index contributed by atoms with van der Waals surface area (Å²) in [5, 5.41) is 0. The smallest absolute Gasteiger partial charge is 0.213 e. The van der Waals surface area contributed by atoms with Crippen LogP contribution in [0.25, 0.3) is 0 Å². The molecule has 0 bridgehead atoms. The lowest BCUT2D eigenvalue weighted by Crippen LogP contribution is -2.45. The molecule has 0 radical (unpaired) electrons. The number of nitrogens with one attached hydrogen (secondary N) is 1. The Hall–Kier alpha value is -0.130. The van der Waals surface area contributed by atoms with Gasteiger partial charge in [0.1, 0.15) is 0 Å². The molecule has 0 aromatic rings. The lowest BCUT2D eigenvalue weighted by Gasteiger charge is -2.34. The van der Waals surface area contributed by atoms with E-state index in [2.05, 4.69) is 18.6 Å². The molecular weight excluding hydrogens is 212 g/mol. The molecule has 15 heavy (non-hydrogen) atoms. The maximum atomic E-state index is 11.6. The Morgan fingerprint density at radius 3 is 2.60 bits per heavy atom. The Morgan fingerprint density at radius 1 is 1.33 bits per heavy atom. The van der Waals surface area contributed by atoms with Crippen LogP contribution in [0.3, 0.4) is 0 Å². The first kappa shape index (κ1) is 12.9. The third kappa shape index (κ3) is 3.74. The van der Waals surface area contributed by atoms with Gasteiger partial charge in [0.2, 0.25) is 10.0 Å². The summed E-state index contributed by atoms with van der Waals surface area (Å²) in [6.07, 6.45) is 3.27. The Kier molecular flexibility index (Phi) is 4.55. The molecule has 0 saturated heterocycles. The Bertz CT molecular complexity index is 290. The summed E-state index contributed by atoms with van der Waals surface area (Å²) in [4.78, 5) is 0. The lowest BCUT2D eigenvalue weighted by atomic mass is 9.78. The first-order chi connectivity index (χ1) is 6.96. The van der Waals surface area contributed by atoms with Crippen LogP contribution < -0.4 is 10.5 Å². The summed E-state index contributed by atoms with van der Waals surface area (Å²) < 4.78 is 25.9. The quantitative estimate of drug-likeness (QED) is 0.751. The molecule has 3 N–H and O–H groups in total. The van der Waals surface area contributed by atoms with Gasteiger partial charge in [0.05, 0.1) is 5.75 Å². The summed E-state index contributed by atoms with van der Waals surface area (Å²) in [5.41, 5.74) is 5.26. The van der Waals surface area contributed by atoms with E-state index in [4.69, 9.17) is 5.73 Å². The maximum Gasteiger partial charge on any atom is 0.213 e. The van der Waals surface area contributed by atoms with Crippen LogP contribution in [0, 0.1) is 11.8 Å². The van der Waals surface area contributed by atoms with Gasteiger partial charge < -0.3 is 5.73 Å². The van der Waals surface area contributed by atoms with Crippen LogP contribution in [0.15, 0.2) is 0 Å². The van der Waals surface area contributed by atoms with Crippen LogP contribution in [-0.2, 0) is 10.0 Å². The van der Waals surface area contributed by atoms with Crippen molar-refractivity contribution in [1.82, 2.24) is 4.72 Å². The van der Waals surface area contributed by atoms with E-state index in [-0.39, 0.29) is 18.3 Å². The molecule has 3 atom stereocenters. The highest BCUT2D eigenvalue weighted by molar-refractivity contribution is 7.89. The van der Waals surface area contributed by atoms with Crippen LogP contribution in [0.2, 0.25) is 0 Å². The minimum atomic E-state index is -3.16. The van der Waals surface area contributed by atoms with Gasteiger partial charge in [-0.2, -0.15) is 0 Å². The molecule has 1 saturated carbocycles. The minimum absolute atomic E-state index is 0.0323. The van der Waals surface area contributed by atoms with Gasteiger partial charge in [-0.3, -0.25) is 0 Å². The minimum Gasteiger partial charge on any atom is -0.329 e. The second kappa shape index (κ2) is 5.27. The molecule has 1 rings (SSSR count). The largest absolute Gasteiger partial charge is 0.329 e. The van der Waals surface area contributed by atoms with Crippen LogP contribution in [0.5, 0.6) is 0 Å². The van der Waals surface area contributed by atoms with Crippen molar-refractivity contribution >= 4 is 10.0 Å². The molecule has 0 aliphatic heterocycles. The predicted molar refractivity (Wildman–Crippen MR) is 61.9 cm³/mol. The van der Waals surface area contributed by atoms with Crippen LogP contribution in [-0.4, -0.2) is 26.8 Å². The maximum absolute atomic E-state index is 11.6. The van der Waals surface area contributed by atoms with Crippen LogP contribution >= 0.6 is 0 Å². The summed E-state index contributed by atoms with van der Waals surface area (Å²) >= 11 is 0. The van der Waals surface area contributed by atoms with Crippen LogP contribution in [0.4, 0.5) is 0 Å². The second-order valence-electron chi connectivity index (χ2n) is 4.60. The fourth-order valence-electron chi connectivity index (χ4n) is 2.19. The third-order valence-corrected chi connectivity index (χ3v) is 4.86. The molecule has 1 fully saturated rings. The number of rotatable bonds is 4. The SMILES string of the molecule is CC1CCCC(NS(=O)(=O)CCN)C1C. The first-order valence-electron chi connectivity index (χ1n) is 5.66. The van der Waals surface area contributed by atoms with E-state index in [0.717, 1.165) is 12.8 Å². The topological polar surface area (TPSA) is 72.2 Å². The highest BCUT2D eigenvalue weighted by atomic mass is 32.2. The van der Waals surface area contributed by atoms with Crippen molar-refractivity contribution < 1.29 is 8.42 Å². The van der Waals surface area contributed by atoms with E-state index in [1.807, 2.05) is 0 Å². The van der Waals surface area contributed by atoms with Crippen molar-refractivity contribution in [2.24, 2.45) is 17.6 Å². The Labute approximate surface area is 92.7 Å². The van der Waals surface area contributed by atoms with Gasteiger partial charge in [-0.05, 0) is 18.3 Å². The fraction of sp³-hybridized carbons (Fsp3) is 1.00. The molecule has 0 heterocycles. The van der Waals surface area contributed by atoms with Crippen molar-refractivity contribution in [3.8, 4) is 0 Å². The second-order valence-corrected chi connectivity index (χ2v) is 6.47. The van der Waals surface area contributed by atoms with E-state index in [1.165, 1.54) is 6.42 Å². The molecule has 0 aromatic carbocycles. The zero-order valence-electron chi connectivity index (χ0n) is 9.57. The fourth-order valence-corrected chi connectivity index (χ4v) is 3.41. The van der Waals surface area contributed by atoms with E-state index >= 15 is 0 Å². The van der Waals surface area contributed by atoms with Gasteiger partial charge in [0.15, 0.2) is 0 Å². The van der Waals surface area contributed by atoms with E-state index in [0.29, 0.717) is 11.8 Å². The number of sulfonamides is 1. The van der Waals surface area contributed by atoms with Gasteiger partial charge in [0.25, 0.3) is 0 Å². The molecule has 0 amide bonds. The monoisotopic (exact) mass is 234 g/mol. The zero-order valence-corrected chi connectivity index (χ0v) is 10.4. The summed E-state index contributed by atoms with van der Waals surface area (Å²) in [7, 11) is -3.16. The number of hydrogen-bond donors (Lipinski definition) is 2. The first-order valence-corrected chi connectivity index (χ1v) is 7.31. The molecule has 0 aromatic heterocycles. The predicted octanol–water partition coefficient (Wildman–Crippen LogP) is 0.689. The van der Waals surface area contributed by atoms with Crippen LogP contribution in [0.1, 0.15) is 33.1 Å². The van der Waals surface area contributed by atoms with Crippen molar-refractivity contribution in [3.63, 3.8) is 0 Å². The van der Waals surface area contributed by atoms with Gasteiger partial charge in [-0.1, -0.05) is 26.7 Å². The molecular formula is C10H22N2O2S. The molecule has 5 heteroatoms.